The smallest absolute Gasteiger partial charge is 0.175 e. The normalized spacial score (nSPS) is 11.2. The van der Waals surface area contributed by atoms with Gasteiger partial charge in [-0.2, -0.15) is 0 Å². The Morgan fingerprint density at radius 2 is 1.94 bits per heavy atom. The lowest BCUT2D eigenvalue weighted by molar-refractivity contribution is 0.303. The average Bonchev–Trinajstić information content (AvgIpc) is 2.28. The second kappa shape index (κ2) is 5.84. The molecule has 5 heteroatoms. The fourth-order valence-corrected chi connectivity index (χ4v) is 2.14. The molecule has 0 radical (unpaired) electrons. The maximum atomic E-state index is 11.3. The van der Waals surface area contributed by atoms with Gasteiger partial charge in [0.05, 0.1) is 11.5 Å². The van der Waals surface area contributed by atoms with Gasteiger partial charge < -0.3 is 10.0 Å². The lowest BCUT2D eigenvalue weighted by Gasteiger charge is -2.22. The molecule has 1 aromatic carbocycles. The fourth-order valence-electron chi connectivity index (χ4n) is 1.51. The van der Waals surface area contributed by atoms with Crippen molar-refractivity contribution in [3.8, 4) is 0 Å². The Labute approximate surface area is 102 Å². The van der Waals surface area contributed by atoms with Crippen LogP contribution in [-0.4, -0.2) is 39.5 Å². The second-order valence-electron chi connectivity index (χ2n) is 3.72. The number of benzene rings is 1. The van der Waals surface area contributed by atoms with Crippen molar-refractivity contribution < 1.29 is 13.5 Å². The molecule has 0 saturated carbocycles. The summed E-state index contributed by atoms with van der Waals surface area (Å²) in [6.45, 7) is 4.79. The van der Waals surface area contributed by atoms with Gasteiger partial charge >= 0.3 is 0 Å². The Morgan fingerprint density at radius 3 is 2.35 bits per heavy atom. The van der Waals surface area contributed by atoms with Crippen LogP contribution >= 0.6 is 0 Å². The Balaban J connectivity index is 2.95. The zero-order valence-electron chi connectivity index (χ0n) is 9.83. The average molecular weight is 255 g/mol. The number of rotatable bonds is 6. The van der Waals surface area contributed by atoms with E-state index in [2.05, 4.69) is 6.58 Å². The van der Waals surface area contributed by atoms with Gasteiger partial charge in [0.1, 0.15) is 0 Å². The maximum absolute atomic E-state index is 11.3. The van der Waals surface area contributed by atoms with E-state index in [0.717, 1.165) is 5.69 Å². The molecule has 0 amide bonds. The van der Waals surface area contributed by atoms with Crippen LogP contribution in [0.25, 0.3) is 0 Å². The van der Waals surface area contributed by atoms with Gasteiger partial charge in [0.25, 0.3) is 0 Å². The van der Waals surface area contributed by atoms with Crippen LogP contribution in [0.5, 0.6) is 0 Å². The molecule has 4 nitrogen and oxygen atoms in total. The molecular weight excluding hydrogens is 238 g/mol. The van der Waals surface area contributed by atoms with Crippen LogP contribution in [0, 0.1) is 0 Å². The third-order valence-electron chi connectivity index (χ3n) is 2.35. The van der Waals surface area contributed by atoms with Crippen LogP contribution in [0.2, 0.25) is 0 Å². The molecule has 1 rings (SSSR count). The Bertz CT molecular complexity index is 465. The number of anilines is 1. The minimum Gasteiger partial charge on any atom is -0.395 e. The predicted octanol–water partition coefficient (Wildman–Crippen LogP) is 1.07. The van der Waals surface area contributed by atoms with E-state index in [4.69, 9.17) is 5.11 Å². The summed E-state index contributed by atoms with van der Waals surface area (Å²) in [5.41, 5.74) is 0.867. The third-order valence-corrected chi connectivity index (χ3v) is 3.48. The molecule has 1 aromatic rings. The molecule has 0 spiro atoms. The molecule has 0 fully saturated rings. The first-order valence-corrected chi connectivity index (χ1v) is 7.15. The predicted molar refractivity (Wildman–Crippen MR) is 69.0 cm³/mol. The van der Waals surface area contributed by atoms with Crippen molar-refractivity contribution in [1.29, 1.82) is 0 Å². The number of hydrogen-bond donors (Lipinski definition) is 1. The van der Waals surface area contributed by atoms with Crippen LogP contribution in [0.15, 0.2) is 41.8 Å². The molecule has 0 heterocycles. The van der Waals surface area contributed by atoms with Crippen molar-refractivity contribution in [2.45, 2.75) is 4.90 Å². The summed E-state index contributed by atoms with van der Waals surface area (Å²) < 4.78 is 22.6. The third kappa shape index (κ3) is 3.87. The first kappa shape index (κ1) is 13.7. The van der Waals surface area contributed by atoms with Gasteiger partial charge in [-0.1, -0.05) is 6.08 Å². The van der Waals surface area contributed by atoms with E-state index < -0.39 is 9.84 Å². The number of nitrogens with zero attached hydrogens (tertiary/aromatic N) is 1. The van der Waals surface area contributed by atoms with Gasteiger partial charge in [-0.15, -0.1) is 6.58 Å². The van der Waals surface area contributed by atoms with E-state index >= 15 is 0 Å². The molecule has 0 aliphatic heterocycles. The zero-order chi connectivity index (χ0) is 12.9. The van der Waals surface area contributed by atoms with Crippen LogP contribution < -0.4 is 4.90 Å². The quantitative estimate of drug-likeness (QED) is 0.773. The van der Waals surface area contributed by atoms with Crippen LogP contribution in [0.1, 0.15) is 0 Å². The van der Waals surface area contributed by atoms with Gasteiger partial charge in [0.15, 0.2) is 9.84 Å². The van der Waals surface area contributed by atoms with Crippen molar-refractivity contribution in [3.63, 3.8) is 0 Å². The molecule has 0 bridgehead atoms. The Hall–Kier alpha value is -1.33. The highest BCUT2D eigenvalue weighted by Crippen LogP contribution is 2.17. The van der Waals surface area contributed by atoms with Crippen molar-refractivity contribution >= 4 is 15.5 Å². The van der Waals surface area contributed by atoms with E-state index in [1.807, 2.05) is 4.90 Å². The molecule has 94 valence electrons. The van der Waals surface area contributed by atoms with Crippen molar-refractivity contribution in [1.82, 2.24) is 0 Å². The highest BCUT2D eigenvalue weighted by Gasteiger charge is 2.08. The molecule has 17 heavy (non-hydrogen) atoms. The minimum absolute atomic E-state index is 0.0433. The maximum Gasteiger partial charge on any atom is 0.175 e. The van der Waals surface area contributed by atoms with Crippen molar-refractivity contribution in [2.75, 3.05) is 30.9 Å². The lowest BCUT2D eigenvalue weighted by atomic mass is 10.3. The van der Waals surface area contributed by atoms with E-state index in [0.29, 0.717) is 18.0 Å². The fraction of sp³-hybridized carbons (Fsp3) is 0.333. The van der Waals surface area contributed by atoms with E-state index in [1.54, 1.807) is 30.3 Å². The van der Waals surface area contributed by atoms with E-state index in [1.165, 1.54) is 6.26 Å². The first-order valence-electron chi connectivity index (χ1n) is 5.26. The summed E-state index contributed by atoms with van der Waals surface area (Å²) in [7, 11) is -3.16. The summed E-state index contributed by atoms with van der Waals surface area (Å²) in [6.07, 6.45) is 2.91. The molecule has 0 unspecified atom stereocenters. The number of hydrogen-bond acceptors (Lipinski definition) is 4. The molecule has 0 aromatic heterocycles. The van der Waals surface area contributed by atoms with Crippen LogP contribution in [0.4, 0.5) is 5.69 Å². The Kier molecular flexibility index (Phi) is 4.72. The SMILES string of the molecule is C=CCN(CCO)c1ccc(S(C)(=O)=O)cc1. The molecule has 0 aliphatic rings. The monoisotopic (exact) mass is 255 g/mol. The largest absolute Gasteiger partial charge is 0.395 e. The lowest BCUT2D eigenvalue weighted by Crippen LogP contribution is -2.26. The van der Waals surface area contributed by atoms with E-state index in [-0.39, 0.29) is 6.61 Å². The summed E-state index contributed by atoms with van der Waals surface area (Å²) in [6, 6.07) is 6.60. The van der Waals surface area contributed by atoms with Crippen molar-refractivity contribution in [3.05, 3.63) is 36.9 Å². The van der Waals surface area contributed by atoms with E-state index in [9.17, 15) is 8.42 Å². The first-order chi connectivity index (χ1) is 7.99. The Morgan fingerprint density at radius 1 is 1.35 bits per heavy atom. The van der Waals surface area contributed by atoms with Gasteiger partial charge in [0.2, 0.25) is 0 Å². The topological polar surface area (TPSA) is 57.6 Å². The molecule has 0 aliphatic carbocycles. The summed E-state index contributed by atoms with van der Waals surface area (Å²) >= 11 is 0. The van der Waals surface area contributed by atoms with Gasteiger partial charge in [0, 0.05) is 25.0 Å². The highest BCUT2D eigenvalue weighted by atomic mass is 32.2. The van der Waals surface area contributed by atoms with Crippen molar-refractivity contribution in [2.24, 2.45) is 0 Å². The van der Waals surface area contributed by atoms with Crippen LogP contribution in [0.3, 0.4) is 0 Å². The minimum atomic E-state index is -3.16. The molecule has 1 N–H and O–H groups in total. The number of aliphatic hydroxyl groups is 1. The second-order valence-corrected chi connectivity index (χ2v) is 5.74. The zero-order valence-corrected chi connectivity index (χ0v) is 10.7. The molecular formula is C12H17NO3S. The molecule has 0 saturated heterocycles. The van der Waals surface area contributed by atoms with Gasteiger partial charge in [-0.05, 0) is 24.3 Å². The highest BCUT2D eigenvalue weighted by molar-refractivity contribution is 7.90. The number of sulfone groups is 1. The molecule has 0 atom stereocenters. The summed E-state index contributed by atoms with van der Waals surface area (Å²) in [4.78, 5) is 2.21. The van der Waals surface area contributed by atoms with Gasteiger partial charge in [-0.3, -0.25) is 0 Å². The van der Waals surface area contributed by atoms with Crippen LogP contribution in [-0.2, 0) is 9.84 Å². The number of aliphatic hydroxyl groups excluding tert-OH is 1. The summed E-state index contributed by atoms with van der Waals surface area (Å²) in [5.74, 6) is 0. The standard InChI is InChI=1S/C12H17NO3S/c1-3-8-13(9-10-14)11-4-6-12(7-5-11)17(2,15)16/h3-7,14H,1,8-10H2,2H3. The summed E-state index contributed by atoms with van der Waals surface area (Å²) in [5, 5.41) is 8.94. The van der Waals surface area contributed by atoms with Gasteiger partial charge in [-0.25, -0.2) is 8.42 Å².